The standard InChI is InChI=1S/C38H48N6O2S/c1-27(2)33-17-30(23-40-24-33)22-39-14-13-34(18-29-11-7-5-8-12-29)42-37(45)31-19-32(21-35(20-31)44-15-9-6-10-16-44)38(46)43(4)25-36-41-28(3)26-47-36/h5,7-8,11-12,17,19-21,23-24,26-27,34,39H,6,9-10,13-16,18,22,25H2,1-4H3,(H,42,45)/t34-/m1/s1. The van der Waals surface area contributed by atoms with Gasteiger partial charge in [-0.25, -0.2) is 4.98 Å². The van der Waals surface area contributed by atoms with E-state index in [2.05, 4.69) is 57.5 Å². The maximum absolute atomic E-state index is 14.0. The fourth-order valence-corrected chi connectivity index (χ4v) is 6.82. The SMILES string of the molecule is Cc1csc(CN(C)C(=O)c2cc(C(=O)N[C@H](CCNCc3cncc(C(C)C)c3)Cc3ccccc3)cc(N3CCCCC3)c2)n1. The zero-order valence-electron chi connectivity index (χ0n) is 28.2. The average molecular weight is 653 g/mol. The number of hydrogen-bond donors (Lipinski definition) is 2. The van der Waals surface area contributed by atoms with Gasteiger partial charge in [-0.15, -0.1) is 11.3 Å². The molecule has 5 rings (SSSR count). The molecule has 1 aliphatic rings. The summed E-state index contributed by atoms with van der Waals surface area (Å²) in [5.74, 6) is 0.150. The van der Waals surface area contributed by atoms with Crippen molar-refractivity contribution in [1.29, 1.82) is 0 Å². The summed E-state index contributed by atoms with van der Waals surface area (Å²) in [6.07, 6.45) is 8.72. The molecular formula is C38H48N6O2S. The maximum Gasteiger partial charge on any atom is 0.254 e. The third kappa shape index (κ3) is 9.95. The number of piperidine rings is 1. The van der Waals surface area contributed by atoms with E-state index in [1.807, 2.05) is 55.0 Å². The highest BCUT2D eigenvalue weighted by molar-refractivity contribution is 7.09. The molecule has 2 aromatic carbocycles. The number of nitrogens with zero attached hydrogens (tertiary/aromatic N) is 4. The lowest BCUT2D eigenvalue weighted by Gasteiger charge is -2.30. The Kier molecular flexibility index (Phi) is 12.1. The first-order chi connectivity index (χ1) is 22.7. The zero-order chi connectivity index (χ0) is 33.2. The number of carbonyl (C=O) groups is 2. The minimum atomic E-state index is -0.161. The summed E-state index contributed by atoms with van der Waals surface area (Å²) in [5, 5.41) is 9.77. The number of benzene rings is 2. The van der Waals surface area contributed by atoms with Crippen molar-refractivity contribution in [2.45, 2.75) is 77.9 Å². The number of rotatable bonds is 14. The Morgan fingerprint density at radius 1 is 0.979 bits per heavy atom. The fourth-order valence-electron chi connectivity index (χ4n) is 5.99. The second kappa shape index (κ2) is 16.7. The first kappa shape index (κ1) is 34.3. The van der Waals surface area contributed by atoms with Gasteiger partial charge in [-0.05, 0) is 86.4 Å². The van der Waals surface area contributed by atoms with Crippen LogP contribution in [0.2, 0.25) is 0 Å². The maximum atomic E-state index is 14.0. The molecule has 2 N–H and O–H groups in total. The van der Waals surface area contributed by atoms with E-state index in [0.29, 0.717) is 30.0 Å². The van der Waals surface area contributed by atoms with Crippen LogP contribution in [-0.2, 0) is 19.5 Å². The summed E-state index contributed by atoms with van der Waals surface area (Å²) in [6.45, 7) is 10.0. The van der Waals surface area contributed by atoms with E-state index in [0.717, 1.165) is 67.4 Å². The molecule has 0 unspecified atom stereocenters. The predicted octanol–water partition coefficient (Wildman–Crippen LogP) is 6.75. The number of nitrogens with one attached hydrogen (secondary N) is 2. The van der Waals surface area contributed by atoms with Gasteiger partial charge >= 0.3 is 0 Å². The first-order valence-corrected chi connectivity index (χ1v) is 17.7. The number of thiazole rings is 1. The molecule has 2 amide bonds. The third-order valence-electron chi connectivity index (χ3n) is 8.68. The van der Waals surface area contributed by atoms with Crippen LogP contribution in [0.4, 0.5) is 5.69 Å². The number of amides is 2. The van der Waals surface area contributed by atoms with Crippen LogP contribution in [0.1, 0.15) is 93.6 Å². The van der Waals surface area contributed by atoms with Gasteiger partial charge in [0.2, 0.25) is 0 Å². The number of pyridine rings is 1. The van der Waals surface area contributed by atoms with Gasteiger partial charge < -0.3 is 20.4 Å². The van der Waals surface area contributed by atoms with Gasteiger partial charge in [0, 0.05) is 73.0 Å². The molecule has 1 aliphatic heterocycles. The second-order valence-electron chi connectivity index (χ2n) is 13.0. The summed E-state index contributed by atoms with van der Waals surface area (Å²) >= 11 is 1.55. The van der Waals surface area contributed by atoms with Crippen LogP contribution in [-0.4, -0.2) is 59.4 Å². The second-order valence-corrected chi connectivity index (χ2v) is 13.9. The van der Waals surface area contributed by atoms with Crippen molar-refractivity contribution in [1.82, 2.24) is 25.5 Å². The van der Waals surface area contributed by atoms with Gasteiger partial charge in [0.25, 0.3) is 11.8 Å². The molecule has 0 spiro atoms. The Labute approximate surface area is 283 Å². The third-order valence-corrected chi connectivity index (χ3v) is 9.63. The summed E-state index contributed by atoms with van der Waals surface area (Å²) in [5.41, 5.74) is 6.47. The highest BCUT2D eigenvalue weighted by Gasteiger charge is 2.22. The smallest absolute Gasteiger partial charge is 0.254 e. The Bertz CT molecular complexity index is 1620. The van der Waals surface area contributed by atoms with E-state index < -0.39 is 0 Å². The van der Waals surface area contributed by atoms with E-state index in [4.69, 9.17) is 0 Å². The predicted molar refractivity (Wildman–Crippen MR) is 191 cm³/mol. The van der Waals surface area contributed by atoms with Gasteiger partial charge in [-0.1, -0.05) is 50.2 Å². The quantitative estimate of drug-likeness (QED) is 0.147. The van der Waals surface area contributed by atoms with Crippen LogP contribution in [0.3, 0.4) is 0 Å². The number of carbonyl (C=O) groups excluding carboxylic acids is 2. The molecule has 8 nitrogen and oxygen atoms in total. The molecule has 1 fully saturated rings. The minimum Gasteiger partial charge on any atom is -0.371 e. The molecule has 4 aromatic rings. The lowest BCUT2D eigenvalue weighted by molar-refractivity contribution is 0.0785. The van der Waals surface area contributed by atoms with Crippen LogP contribution in [0.15, 0.2) is 72.4 Å². The van der Waals surface area contributed by atoms with Gasteiger partial charge in [0.05, 0.1) is 6.54 Å². The number of anilines is 1. The topological polar surface area (TPSA) is 90.5 Å². The highest BCUT2D eigenvalue weighted by atomic mass is 32.1. The van der Waals surface area contributed by atoms with Crippen molar-refractivity contribution in [3.63, 3.8) is 0 Å². The largest absolute Gasteiger partial charge is 0.371 e. The number of aromatic nitrogens is 2. The molecule has 248 valence electrons. The van der Waals surface area contributed by atoms with E-state index in [-0.39, 0.29) is 17.9 Å². The highest BCUT2D eigenvalue weighted by Crippen LogP contribution is 2.25. The van der Waals surface area contributed by atoms with Crippen LogP contribution in [0.25, 0.3) is 0 Å². The van der Waals surface area contributed by atoms with Crippen molar-refractivity contribution in [3.8, 4) is 0 Å². The van der Waals surface area contributed by atoms with Crippen molar-refractivity contribution in [2.75, 3.05) is 31.6 Å². The Morgan fingerprint density at radius 2 is 1.74 bits per heavy atom. The van der Waals surface area contributed by atoms with Crippen LogP contribution >= 0.6 is 11.3 Å². The van der Waals surface area contributed by atoms with Crippen molar-refractivity contribution in [2.24, 2.45) is 0 Å². The van der Waals surface area contributed by atoms with Gasteiger partial charge in [0.15, 0.2) is 0 Å². The number of hydrogen-bond acceptors (Lipinski definition) is 7. The van der Waals surface area contributed by atoms with Crippen LogP contribution in [0.5, 0.6) is 0 Å². The summed E-state index contributed by atoms with van der Waals surface area (Å²) in [4.78, 5) is 40.6. The zero-order valence-corrected chi connectivity index (χ0v) is 29.0. The Balaban J connectivity index is 1.32. The molecule has 1 atom stereocenters. The van der Waals surface area contributed by atoms with Gasteiger partial charge in [-0.3, -0.25) is 14.6 Å². The van der Waals surface area contributed by atoms with Crippen molar-refractivity contribution in [3.05, 3.63) is 111 Å². The first-order valence-electron chi connectivity index (χ1n) is 16.8. The lowest BCUT2D eigenvalue weighted by Crippen LogP contribution is -2.39. The van der Waals surface area contributed by atoms with Gasteiger partial charge in [-0.2, -0.15) is 0 Å². The van der Waals surface area contributed by atoms with E-state index in [1.165, 1.54) is 17.5 Å². The summed E-state index contributed by atoms with van der Waals surface area (Å²) in [7, 11) is 1.80. The molecule has 1 saturated heterocycles. The normalized spacial score (nSPS) is 13.9. The van der Waals surface area contributed by atoms with Crippen molar-refractivity contribution >= 4 is 28.8 Å². The van der Waals surface area contributed by atoms with Crippen LogP contribution < -0.4 is 15.5 Å². The van der Waals surface area contributed by atoms with E-state index in [9.17, 15) is 9.59 Å². The molecular weight excluding hydrogens is 605 g/mol. The molecule has 0 aliphatic carbocycles. The molecule has 0 radical (unpaired) electrons. The molecule has 3 heterocycles. The number of aryl methyl sites for hydroxylation is 1. The lowest BCUT2D eigenvalue weighted by atomic mass is 10.0. The monoisotopic (exact) mass is 652 g/mol. The van der Waals surface area contributed by atoms with E-state index in [1.54, 1.807) is 29.4 Å². The summed E-state index contributed by atoms with van der Waals surface area (Å²) in [6, 6.07) is 18.0. The Morgan fingerprint density at radius 3 is 2.47 bits per heavy atom. The van der Waals surface area contributed by atoms with Crippen molar-refractivity contribution < 1.29 is 9.59 Å². The fraction of sp³-hybridized carbons (Fsp3) is 0.421. The van der Waals surface area contributed by atoms with Crippen LogP contribution in [0, 0.1) is 6.92 Å². The summed E-state index contributed by atoms with van der Waals surface area (Å²) < 4.78 is 0. The van der Waals surface area contributed by atoms with E-state index >= 15 is 0 Å². The molecule has 0 saturated carbocycles. The molecule has 9 heteroatoms. The molecule has 47 heavy (non-hydrogen) atoms. The Hall–Kier alpha value is -4.08. The molecule has 2 aromatic heterocycles. The van der Waals surface area contributed by atoms with Gasteiger partial charge in [0.1, 0.15) is 5.01 Å². The average Bonchev–Trinajstić information content (AvgIpc) is 3.50. The molecule has 0 bridgehead atoms. The minimum absolute atomic E-state index is 0.0915.